The minimum Gasteiger partial charge on any atom is -0.281 e. The molecule has 0 atom stereocenters. The quantitative estimate of drug-likeness (QED) is 0.640. The van der Waals surface area contributed by atoms with Gasteiger partial charge < -0.3 is 0 Å². The van der Waals surface area contributed by atoms with Gasteiger partial charge in [-0.1, -0.05) is 15.9 Å². The van der Waals surface area contributed by atoms with Crippen molar-refractivity contribution in [2.75, 3.05) is 5.06 Å². The van der Waals surface area contributed by atoms with Crippen LogP contribution in [0.1, 0.15) is 6.92 Å². The number of carbonyl (C=O) groups is 1. The second-order valence-electron chi connectivity index (χ2n) is 2.43. The van der Waals surface area contributed by atoms with Crippen LogP contribution in [-0.2, 0) is 4.79 Å². The number of amides is 1. The van der Waals surface area contributed by atoms with E-state index in [9.17, 15) is 10.0 Å². The molecule has 0 aromatic heterocycles. The molecule has 13 heavy (non-hydrogen) atoms. The second-order valence-corrected chi connectivity index (χ2v) is 4.20. The van der Waals surface area contributed by atoms with Crippen molar-refractivity contribution >= 4 is 43.5 Å². The molecular formula is C8H7Br2NO2. The van der Waals surface area contributed by atoms with E-state index in [1.807, 2.05) is 0 Å². The predicted molar refractivity (Wildman–Crippen MR) is 56.8 cm³/mol. The third-order valence-corrected chi connectivity index (χ3v) is 2.56. The molecule has 1 rings (SSSR count). The molecule has 0 spiro atoms. The van der Waals surface area contributed by atoms with Gasteiger partial charge in [0.25, 0.3) is 0 Å². The summed E-state index contributed by atoms with van der Waals surface area (Å²) in [6.07, 6.45) is 0. The van der Waals surface area contributed by atoms with E-state index in [0.29, 0.717) is 15.2 Å². The van der Waals surface area contributed by atoms with E-state index in [-0.39, 0.29) is 0 Å². The molecular weight excluding hydrogens is 302 g/mol. The van der Waals surface area contributed by atoms with E-state index in [1.165, 1.54) is 6.92 Å². The lowest BCUT2D eigenvalue weighted by atomic mass is 10.3. The standard InChI is InChI=1S/C8H7Br2NO2/c1-5(12)11(13)8-3-2-6(9)4-7(8)10/h2-4,13H,1H3. The zero-order valence-corrected chi connectivity index (χ0v) is 9.96. The Balaban J connectivity index is 3.08. The average Bonchev–Trinajstić information content (AvgIpc) is 2.03. The van der Waals surface area contributed by atoms with Gasteiger partial charge in [-0.05, 0) is 34.1 Å². The van der Waals surface area contributed by atoms with Crippen LogP contribution in [0.5, 0.6) is 0 Å². The lowest BCUT2D eigenvalue weighted by Crippen LogP contribution is -2.23. The molecule has 1 aromatic carbocycles. The zero-order chi connectivity index (χ0) is 10.0. The topological polar surface area (TPSA) is 40.5 Å². The third-order valence-electron chi connectivity index (χ3n) is 1.44. The first-order chi connectivity index (χ1) is 6.02. The molecule has 0 bridgehead atoms. The molecule has 70 valence electrons. The molecule has 0 saturated heterocycles. The Labute approximate surface area is 92.6 Å². The summed E-state index contributed by atoms with van der Waals surface area (Å²) in [6.45, 7) is 1.29. The molecule has 0 heterocycles. The van der Waals surface area contributed by atoms with E-state index < -0.39 is 5.91 Å². The maximum absolute atomic E-state index is 10.8. The van der Waals surface area contributed by atoms with Crippen molar-refractivity contribution in [3.8, 4) is 0 Å². The van der Waals surface area contributed by atoms with Gasteiger partial charge in [0.05, 0.1) is 5.69 Å². The summed E-state index contributed by atoms with van der Waals surface area (Å²) in [6, 6.07) is 5.13. The third kappa shape index (κ3) is 2.52. The van der Waals surface area contributed by atoms with Crippen LogP contribution >= 0.6 is 31.9 Å². The summed E-state index contributed by atoms with van der Waals surface area (Å²) >= 11 is 6.50. The number of hydrogen-bond acceptors (Lipinski definition) is 2. The molecule has 1 amide bonds. The minimum absolute atomic E-state index is 0.427. The van der Waals surface area contributed by atoms with Crippen LogP contribution in [0.3, 0.4) is 0 Å². The zero-order valence-electron chi connectivity index (χ0n) is 6.79. The highest BCUT2D eigenvalue weighted by molar-refractivity contribution is 9.11. The Hall–Kier alpha value is -0.390. The molecule has 0 aliphatic carbocycles. The highest BCUT2D eigenvalue weighted by Gasteiger charge is 2.11. The molecule has 0 unspecified atom stereocenters. The number of benzene rings is 1. The maximum atomic E-state index is 10.8. The first kappa shape index (κ1) is 10.7. The summed E-state index contributed by atoms with van der Waals surface area (Å²) in [5, 5.41) is 9.90. The van der Waals surface area contributed by atoms with Crippen molar-refractivity contribution in [3.63, 3.8) is 0 Å². The number of carbonyl (C=O) groups excluding carboxylic acids is 1. The normalized spacial score (nSPS) is 9.85. The van der Waals surface area contributed by atoms with Gasteiger partial charge in [-0.3, -0.25) is 10.0 Å². The smallest absolute Gasteiger partial charge is 0.247 e. The summed E-state index contributed by atoms with van der Waals surface area (Å²) in [7, 11) is 0. The average molecular weight is 309 g/mol. The summed E-state index contributed by atoms with van der Waals surface area (Å²) < 4.78 is 1.53. The highest BCUT2D eigenvalue weighted by Crippen LogP contribution is 2.28. The maximum Gasteiger partial charge on any atom is 0.247 e. The van der Waals surface area contributed by atoms with Crippen LogP contribution in [-0.4, -0.2) is 11.1 Å². The van der Waals surface area contributed by atoms with Gasteiger partial charge in [0.2, 0.25) is 5.91 Å². The number of halogens is 2. The molecule has 1 N–H and O–H groups in total. The molecule has 1 aromatic rings. The van der Waals surface area contributed by atoms with E-state index >= 15 is 0 Å². The van der Waals surface area contributed by atoms with E-state index in [4.69, 9.17) is 0 Å². The van der Waals surface area contributed by atoms with Gasteiger partial charge in [0.15, 0.2) is 0 Å². The van der Waals surface area contributed by atoms with Crippen LogP contribution in [0.25, 0.3) is 0 Å². The fourth-order valence-electron chi connectivity index (χ4n) is 0.823. The number of nitrogens with zero attached hydrogens (tertiary/aromatic N) is 1. The Morgan fingerprint density at radius 3 is 2.54 bits per heavy atom. The number of hydroxylamine groups is 1. The van der Waals surface area contributed by atoms with E-state index in [0.717, 1.165) is 4.47 Å². The van der Waals surface area contributed by atoms with Crippen molar-refractivity contribution in [1.82, 2.24) is 0 Å². The van der Waals surface area contributed by atoms with Crippen molar-refractivity contribution < 1.29 is 10.0 Å². The molecule has 3 nitrogen and oxygen atoms in total. The number of anilines is 1. The Bertz CT molecular complexity index is 341. The summed E-state index contributed by atoms with van der Waals surface area (Å²) in [5.74, 6) is -0.428. The highest BCUT2D eigenvalue weighted by atomic mass is 79.9. The van der Waals surface area contributed by atoms with E-state index in [2.05, 4.69) is 31.9 Å². The Kier molecular flexibility index (Phi) is 3.47. The molecule has 0 fully saturated rings. The SMILES string of the molecule is CC(=O)N(O)c1ccc(Br)cc1Br. The number of rotatable bonds is 1. The number of hydrogen-bond donors (Lipinski definition) is 1. The van der Waals surface area contributed by atoms with Gasteiger partial charge in [-0.15, -0.1) is 0 Å². The van der Waals surface area contributed by atoms with E-state index in [1.54, 1.807) is 18.2 Å². The molecule has 0 radical (unpaired) electrons. The molecule has 0 aliphatic heterocycles. The first-order valence-corrected chi connectivity index (χ1v) is 5.05. The van der Waals surface area contributed by atoms with Gasteiger partial charge in [-0.2, -0.15) is 5.06 Å². The largest absolute Gasteiger partial charge is 0.281 e. The summed E-state index contributed by atoms with van der Waals surface area (Å²) in [4.78, 5) is 10.8. The van der Waals surface area contributed by atoms with Crippen molar-refractivity contribution in [3.05, 3.63) is 27.1 Å². The van der Waals surface area contributed by atoms with Crippen LogP contribution in [0.15, 0.2) is 27.1 Å². The van der Waals surface area contributed by atoms with Gasteiger partial charge in [0, 0.05) is 15.9 Å². The van der Waals surface area contributed by atoms with Crippen LogP contribution in [0.4, 0.5) is 5.69 Å². The van der Waals surface area contributed by atoms with Crippen LogP contribution in [0.2, 0.25) is 0 Å². The molecule has 0 saturated carbocycles. The van der Waals surface area contributed by atoms with Crippen molar-refractivity contribution in [2.24, 2.45) is 0 Å². The summed E-state index contributed by atoms with van der Waals surface area (Å²) in [5.41, 5.74) is 0.427. The fourth-order valence-corrected chi connectivity index (χ4v) is 2.04. The lowest BCUT2D eigenvalue weighted by molar-refractivity contribution is -0.121. The lowest BCUT2D eigenvalue weighted by Gasteiger charge is -2.14. The van der Waals surface area contributed by atoms with Crippen LogP contribution < -0.4 is 5.06 Å². The second kappa shape index (κ2) is 4.21. The van der Waals surface area contributed by atoms with Crippen molar-refractivity contribution in [2.45, 2.75) is 6.92 Å². The molecule has 0 aliphatic rings. The van der Waals surface area contributed by atoms with Crippen LogP contribution in [0, 0.1) is 0 Å². The predicted octanol–water partition coefficient (Wildman–Crippen LogP) is 2.95. The Morgan fingerprint density at radius 1 is 1.46 bits per heavy atom. The van der Waals surface area contributed by atoms with Gasteiger partial charge in [-0.25, -0.2) is 0 Å². The minimum atomic E-state index is -0.428. The monoisotopic (exact) mass is 307 g/mol. The first-order valence-electron chi connectivity index (χ1n) is 3.47. The molecule has 5 heteroatoms. The Morgan fingerprint density at radius 2 is 2.08 bits per heavy atom. The van der Waals surface area contributed by atoms with Gasteiger partial charge in [0.1, 0.15) is 0 Å². The van der Waals surface area contributed by atoms with Crippen molar-refractivity contribution in [1.29, 1.82) is 0 Å². The van der Waals surface area contributed by atoms with Gasteiger partial charge >= 0.3 is 0 Å². The fraction of sp³-hybridized carbons (Fsp3) is 0.125.